The molecule has 1 aliphatic carbocycles. The van der Waals surface area contributed by atoms with E-state index in [9.17, 15) is 14.7 Å². The van der Waals surface area contributed by atoms with E-state index in [1.807, 2.05) is 48.5 Å². The zero-order chi connectivity index (χ0) is 15.7. The molecule has 2 aromatic carbocycles. The summed E-state index contributed by atoms with van der Waals surface area (Å²) in [4.78, 5) is 22.1. The van der Waals surface area contributed by atoms with E-state index in [-0.39, 0.29) is 12.5 Å². The van der Waals surface area contributed by atoms with Gasteiger partial charge in [0.15, 0.2) is 0 Å². The lowest BCUT2D eigenvalue weighted by Gasteiger charge is -2.14. The number of hydrogen-bond acceptors (Lipinski definition) is 4. The third-order valence-electron chi connectivity index (χ3n) is 3.81. The smallest absolute Gasteiger partial charge is 0.346 e. The van der Waals surface area contributed by atoms with Crippen LogP contribution < -0.4 is 0 Å². The molecule has 5 nitrogen and oxygen atoms in total. The number of rotatable bonds is 4. The Balaban J connectivity index is 1.85. The number of carboxylic acid groups (broad SMARTS) is 1. The number of aliphatic hydroxyl groups is 1. The molecule has 3 rings (SSSR count). The standard InChI is InChI=1S/C17H14O5/c18-15(16(19)20)17(21)22-9-14-12-7-3-1-5-10(12)11-6-2-4-8-13(11)14/h1-8,14-15,18H,9H2,(H,19,20). The van der Waals surface area contributed by atoms with Crippen LogP contribution in [0, 0.1) is 0 Å². The average Bonchev–Trinajstić information content (AvgIpc) is 2.86. The summed E-state index contributed by atoms with van der Waals surface area (Å²) in [6.07, 6.45) is -2.15. The summed E-state index contributed by atoms with van der Waals surface area (Å²) in [5, 5.41) is 17.8. The van der Waals surface area contributed by atoms with Crippen molar-refractivity contribution in [3.05, 3.63) is 59.7 Å². The van der Waals surface area contributed by atoms with E-state index in [0.29, 0.717) is 0 Å². The second-order valence-electron chi connectivity index (χ2n) is 5.10. The van der Waals surface area contributed by atoms with Crippen molar-refractivity contribution in [1.29, 1.82) is 0 Å². The molecular formula is C17H14O5. The summed E-state index contributed by atoms with van der Waals surface area (Å²) in [5.74, 6) is -2.91. The van der Waals surface area contributed by atoms with Crippen LogP contribution in [0.5, 0.6) is 0 Å². The van der Waals surface area contributed by atoms with Crippen LogP contribution in [-0.4, -0.2) is 34.9 Å². The minimum Gasteiger partial charge on any atom is -0.479 e. The average molecular weight is 298 g/mol. The highest BCUT2D eigenvalue weighted by atomic mass is 16.6. The van der Waals surface area contributed by atoms with Gasteiger partial charge in [-0.25, -0.2) is 9.59 Å². The van der Waals surface area contributed by atoms with E-state index < -0.39 is 18.0 Å². The fraction of sp³-hybridized carbons (Fsp3) is 0.176. The van der Waals surface area contributed by atoms with Crippen LogP contribution in [0.25, 0.3) is 11.1 Å². The Labute approximate surface area is 126 Å². The number of esters is 1. The van der Waals surface area contributed by atoms with E-state index >= 15 is 0 Å². The van der Waals surface area contributed by atoms with Crippen LogP contribution in [0.3, 0.4) is 0 Å². The van der Waals surface area contributed by atoms with Crippen molar-refractivity contribution in [3.8, 4) is 11.1 Å². The van der Waals surface area contributed by atoms with E-state index in [1.165, 1.54) is 0 Å². The summed E-state index contributed by atoms with van der Waals surface area (Å²) in [5.41, 5.74) is 4.22. The van der Waals surface area contributed by atoms with Gasteiger partial charge in [-0.2, -0.15) is 0 Å². The first kappa shape index (κ1) is 14.3. The molecule has 0 saturated heterocycles. The van der Waals surface area contributed by atoms with Gasteiger partial charge >= 0.3 is 11.9 Å². The molecule has 2 aromatic rings. The van der Waals surface area contributed by atoms with Gasteiger partial charge in [0.05, 0.1) is 0 Å². The van der Waals surface area contributed by atoms with Gasteiger partial charge in [-0.05, 0) is 22.3 Å². The van der Waals surface area contributed by atoms with Gasteiger partial charge in [0.25, 0.3) is 0 Å². The minimum atomic E-state index is -2.15. The molecule has 0 spiro atoms. The van der Waals surface area contributed by atoms with Crippen molar-refractivity contribution < 1.29 is 24.5 Å². The summed E-state index contributed by atoms with van der Waals surface area (Å²) < 4.78 is 4.99. The molecule has 1 unspecified atom stereocenters. The van der Waals surface area contributed by atoms with Crippen molar-refractivity contribution in [2.24, 2.45) is 0 Å². The van der Waals surface area contributed by atoms with Gasteiger partial charge in [0.2, 0.25) is 6.10 Å². The first-order valence-electron chi connectivity index (χ1n) is 6.85. The molecule has 0 amide bonds. The first-order chi connectivity index (χ1) is 10.6. The van der Waals surface area contributed by atoms with Gasteiger partial charge in [-0.15, -0.1) is 0 Å². The number of ether oxygens (including phenoxy) is 1. The quantitative estimate of drug-likeness (QED) is 0.664. The number of aliphatic hydroxyl groups excluding tert-OH is 1. The van der Waals surface area contributed by atoms with Crippen LogP contribution >= 0.6 is 0 Å². The van der Waals surface area contributed by atoms with Gasteiger partial charge < -0.3 is 14.9 Å². The summed E-state index contributed by atoms with van der Waals surface area (Å²) in [7, 11) is 0. The molecule has 1 aliphatic rings. The second-order valence-corrected chi connectivity index (χ2v) is 5.10. The Morgan fingerprint density at radius 2 is 1.50 bits per heavy atom. The van der Waals surface area contributed by atoms with Crippen LogP contribution in [0.1, 0.15) is 17.0 Å². The van der Waals surface area contributed by atoms with Crippen molar-refractivity contribution in [2.45, 2.75) is 12.0 Å². The predicted molar refractivity (Wildman–Crippen MR) is 78.3 cm³/mol. The number of fused-ring (bicyclic) bond motifs is 3. The van der Waals surface area contributed by atoms with Crippen LogP contribution in [0.2, 0.25) is 0 Å². The van der Waals surface area contributed by atoms with Crippen molar-refractivity contribution in [1.82, 2.24) is 0 Å². The predicted octanol–water partition coefficient (Wildman–Crippen LogP) is 1.79. The van der Waals surface area contributed by atoms with E-state index in [1.54, 1.807) is 0 Å². The SMILES string of the molecule is O=C(O)C(O)C(=O)OCC1c2ccccc2-c2ccccc21. The number of benzene rings is 2. The third-order valence-corrected chi connectivity index (χ3v) is 3.81. The van der Waals surface area contributed by atoms with Crippen LogP contribution in [0.4, 0.5) is 0 Å². The van der Waals surface area contributed by atoms with Gasteiger partial charge in [-0.3, -0.25) is 0 Å². The monoisotopic (exact) mass is 298 g/mol. The molecule has 0 fully saturated rings. The molecule has 0 bridgehead atoms. The molecule has 1 atom stereocenters. The maximum Gasteiger partial charge on any atom is 0.346 e. The molecule has 0 saturated carbocycles. The topological polar surface area (TPSA) is 83.8 Å². The number of carboxylic acids is 1. The highest BCUT2D eigenvalue weighted by Gasteiger charge is 2.31. The molecule has 2 N–H and O–H groups in total. The molecule has 5 heteroatoms. The van der Waals surface area contributed by atoms with Crippen molar-refractivity contribution in [2.75, 3.05) is 6.61 Å². The zero-order valence-corrected chi connectivity index (χ0v) is 11.6. The largest absolute Gasteiger partial charge is 0.479 e. The maximum absolute atomic E-state index is 11.5. The summed E-state index contributed by atoms with van der Waals surface area (Å²) in [6, 6.07) is 15.6. The van der Waals surface area contributed by atoms with Crippen LogP contribution in [-0.2, 0) is 14.3 Å². The molecule has 112 valence electrons. The third kappa shape index (κ3) is 2.35. The minimum absolute atomic E-state index is 0.00278. The molecule has 0 heterocycles. The Hall–Kier alpha value is -2.66. The van der Waals surface area contributed by atoms with E-state index in [2.05, 4.69) is 0 Å². The Morgan fingerprint density at radius 3 is 2.00 bits per heavy atom. The molecule has 0 aliphatic heterocycles. The van der Waals surface area contributed by atoms with E-state index in [4.69, 9.17) is 9.84 Å². The lowest BCUT2D eigenvalue weighted by molar-refractivity contribution is -0.165. The van der Waals surface area contributed by atoms with Crippen molar-refractivity contribution in [3.63, 3.8) is 0 Å². The Bertz CT molecular complexity index is 692. The van der Waals surface area contributed by atoms with Gasteiger partial charge in [0.1, 0.15) is 6.61 Å². The maximum atomic E-state index is 11.5. The molecule has 0 aromatic heterocycles. The van der Waals surface area contributed by atoms with Crippen LogP contribution in [0.15, 0.2) is 48.5 Å². The fourth-order valence-corrected chi connectivity index (χ4v) is 2.78. The Kier molecular flexibility index (Phi) is 3.65. The van der Waals surface area contributed by atoms with Gasteiger partial charge in [-0.1, -0.05) is 48.5 Å². The second kappa shape index (κ2) is 5.61. The lowest BCUT2D eigenvalue weighted by Crippen LogP contribution is -2.32. The molecule has 0 radical (unpaired) electrons. The summed E-state index contributed by atoms with van der Waals surface area (Å²) >= 11 is 0. The lowest BCUT2D eigenvalue weighted by atomic mass is 9.98. The number of hydrogen-bond donors (Lipinski definition) is 2. The number of carbonyl (C=O) groups excluding carboxylic acids is 1. The Morgan fingerprint density at radius 1 is 1.00 bits per heavy atom. The fourth-order valence-electron chi connectivity index (χ4n) is 2.78. The number of aliphatic carboxylic acids is 1. The normalized spacial score (nSPS) is 14.0. The molecular weight excluding hydrogens is 284 g/mol. The first-order valence-corrected chi connectivity index (χ1v) is 6.85. The molecule has 22 heavy (non-hydrogen) atoms. The number of carbonyl (C=O) groups is 2. The zero-order valence-electron chi connectivity index (χ0n) is 11.6. The highest BCUT2D eigenvalue weighted by Crippen LogP contribution is 2.44. The highest BCUT2D eigenvalue weighted by molar-refractivity contribution is 5.96. The van der Waals surface area contributed by atoms with E-state index in [0.717, 1.165) is 22.3 Å². The van der Waals surface area contributed by atoms with Gasteiger partial charge in [0, 0.05) is 5.92 Å². The summed E-state index contributed by atoms with van der Waals surface area (Å²) in [6.45, 7) is -0.00278. The van der Waals surface area contributed by atoms with Crippen molar-refractivity contribution >= 4 is 11.9 Å².